The van der Waals surface area contributed by atoms with E-state index in [0.29, 0.717) is 11.4 Å². The van der Waals surface area contributed by atoms with Gasteiger partial charge in [0.25, 0.3) is 20.2 Å². The average Bonchev–Trinajstić information content (AvgIpc) is 2.80. The second-order valence-electron chi connectivity index (χ2n) is 6.91. The molecule has 0 atom stereocenters. The van der Waals surface area contributed by atoms with Gasteiger partial charge in [0.1, 0.15) is 17.3 Å². The lowest BCUT2D eigenvalue weighted by Gasteiger charge is -2.10. The van der Waals surface area contributed by atoms with E-state index in [1.165, 1.54) is 48.5 Å². The van der Waals surface area contributed by atoms with Crippen LogP contribution in [0, 0.1) is 0 Å². The Bertz CT molecular complexity index is 1400. The lowest BCUT2D eigenvalue weighted by atomic mass is 10.2. The largest absolute Gasteiger partial charge is 0.489 e. The van der Waals surface area contributed by atoms with Crippen molar-refractivity contribution in [3.63, 3.8) is 0 Å². The summed E-state index contributed by atoms with van der Waals surface area (Å²) in [5.74, 6) is 0.413. The van der Waals surface area contributed by atoms with Crippen molar-refractivity contribution in [3.05, 3.63) is 54.6 Å². The molecule has 0 aromatic heterocycles. The van der Waals surface area contributed by atoms with Gasteiger partial charge in [-0.3, -0.25) is 9.11 Å². The monoisotopic (exact) mass is 561 g/mol. The SMILES string of the molecule is Nc1cc(OCCO)c(N)cc1OO.Nc1ccc(N)c(S(=O)(=O)O)c1.Nc1ccc(S(=O)(=O)O)cc1. The predicted octanol–water partition coefficient (Wildman–Crippen LogP) is 0.687. The third-order valence-electron chi connectivity index (χ3n) is 4.08. The van der Waals surface area contributed by atoms with Crippen LogP contribution in [0.25, 0.3) is 0 Å². The highest BCUT2D eigenvalue weighted by atomic mass is 32.2. The first-order valence-corrected chi connectivity index (χ1v) is 12.7. The minimum absolute atomic E-state index is 0.0216. The molecule has 204 valence electrons. The zero-order chi connectivity index (χ0) is 28.4. The number of benzene rings is 3. The summed E-state index contributed by atoms with van der Waals surface area (Å²) in [4.78, 5) is 3.47. The number of aliphatic hydroxyl groups excluding tert-OH is 1. The van der Waals surface area contributed by atoms with Crippen LogP contribution in [0.1, 0.15) is 0 Å². The Hall–Kier alpha value is -4.00. The summed E-state index contributed by atoms with van der Waals surface area (Å²) in [6.07, 6.45) is 0. The van der Waals surface area contributed by atoms with Gasteiger partial charge < -0.3 is 43.4 Å². The zero-order valence-electron chi connectivity index (χ0n) is 19.1. The maximum absolute atomic E-state index is 10.6. The first-order chi connectivity index (χ1) is 17.1. The summed E-state index contributed by atoms with van der Waals surface area (Å²) < 4.78 is 64.4. The van der Waals surface area contributed by atoms with Crippen molar-refractivity contribution in [2.45, 2.75) is 9.79 Å². The second kappa shape index (κ2) is 13.3. The normalized spacial score (nSPS) is 10.8. The first kappa shape index (κ1) is 31.0. The smallest absolute Gasteiger partial charge is 0.296 e. The minimum atomic E-state index is -4.26. The van der Waals surface area contributed by atoms with Crippen LogP contribution in [-0.4, -0.2) is 49.5 Å². The molecule has 0 aliphatic rings. The Balaban J connectivity index is 0.000000280. The number of aliphatic hydroxyl groups is 1. The summed E-state index contributed by atoms with van der Waals surface area (Å²) in [6.45, 7) is 0.0144. The van der Waals surface area contributed by atoms with Crippen LogP contribution in [0.15, 0.2) is 64.4 Å². The van der Waals surface area contributed by atoms with Crippen molar-refractivity contribution < 1.29 is 45.9 Å². The molecule has 3 aromatic carbocycles. The Labute approximate surface area is 212 Å². The van der Waals surface area contributed by atoms with Crippen LogP contribution < -0.4 is 38.3 Å². The zero-order valence-corrected chi connectivity index (χ0v) is 20.7. The number of nitrogens with two attached hydrogens (primary N) is 5. The lowest BCUT2D eigenvalue weighted by molar-refractivity contribution is -0.136. The number of nitrogen functional groups attached to an aromatic ring is 5. The average molecular weight is 562 g/mol. The Kier molecular flexibility index (Phi) is 11.2. The molecule has 3 rings (SSSR count). The van der Waals surface area contributed by atoms with Gasteiger partial charge in [-0.2, -0.15) is 16.8 Å². The maximum Gasteiger partial charge on any atom is 0.296 e. The van der Waals surface area contributed by atoms with Crippen molar-refractivity contribution >= 4 is 48.7 Å². The molecule has 0 radical (unpaired) electrons. The fraction of sp³-hybridized carbons (Fsp3) is 0.100. The quantitative estimate of drug-likeness (QED) is 0.0865. The molecule has 0 spiro atoms. The molecule has 0 bridgehead atoms. The highest BCUT2D eigenvalue weighted by molar-refractivity contribution is 7.86. The molecule has 17 heteroatoms. The molecule has 0 fully saturated rings. The van der Waals surface area contributed by atoms with E-state index < -0.39 is 20.2 Å². The van der Waals surface area contributed by atoms with Crippen LogP contribution in [0.3, 0.4) is 0 Å². The van der Waals surface area contributed by atoms with Gasteiger partial charge in [-0.15, -0.1) is 0 Å². The van der Waals surface area contributed by atoms with Gasteiger partial charge in [0, 0.05) is 23.5 Å². The van der Waals surface area contributed by atoms with Crippen molar-refractivity contribution in [1.82, 2.24) is 0 Å². The summed E-state index contributed by atoms with van der Waals surface area (Å²) in [6, 6.07) is 11.9. The molecule has 0 aliphatic heterocycles. The van der Waals surface area contributed by atoms with Crippen molar-refractivity contribution in [2.75, 3.05) is 41.9 Å². The van der Waals surface area contributed by atoms with Crippen LogP contribution in [0.2, 0.25) is 0 Å². The number of ether oxygens (including phenoxy) is 1. The fourth-order valence-electron chi connectivity index (χ4n) is 2.37. The molecular formula is C20H27N5O10S2. The van der Waals surface area contributed by atoms with Gasteiger partial charge in [0.2, 0.25) is 0 Å². The van der Waals surface area contributed by atoms with E-state index in [0.717, 1.165) is 6.07 Å². The van der Waals surface area contributed by atoms with Gasteiger partial charge in [-0.05, 0) is 42.5 Å². The Morgan fingerprint density at radius 1 is 0.676 bits per heavy atom. The van der Waals surface area contributed by atoms with Crippen molar-refractivity contribution in [3.8, 4) is 11.5 Å². The molecule has 0 saturated carbocycles. The highest BCUT2D eigenvalue weighted by Gasteiger charge is 2.13. The molecule has 0 heterocycles. The molecule has 15 nitrogen and oxygen atoms in total. The standard InChI is InChI=1S/C8H12N2O4.C6H8N2O3S.C6H7NO3S/c9-5-4-8(14-12)6(10)3-7(5)13-2-1-11;7-4-1-2-5(8)6(3-4)12(9,10)11;7-5-1-3-6(4-2-5)11(8,9)10/h3-4,11-12H,1-2,9-10H2;1-3H,7-8H2,(H,9,10,11);1-4H,7H2,(H,8,9,10). The summed E-state index contributed by atoms with van der Waals surface area (Å²) >= 11 is 0. The third kappa shape index (κ3) is 10.3. The topological polar surface area (TPSA) is 298 Å². The van der Waals surface area contributed by atoms with Gasteiger partial charge in [0.15, 0.2) is 5.75 Å². The van der Waals surface area contributed by atoms with E-state index in [1.807, 2.05) is 0 Å². The fourth-order valence-corrected chi connectivity index (χ4v) is 3.50. The van der Waals surface area contributed by atoms with E-state index >= 15 is 0 Å². The van der Waals surface area contributed by atoms with Gasteiger partial charge in [0.05, 0.1) is 28.6 Å². The van der Waals surface area contributed by atoms with Crippen LogP contribution >= 0.6 is 0 Å². The summed E-state index contributed by atoms with van der Waals surface area (Å²) in [5.41, 5.74) is 28.1. The maximum atomic E-state index is 10.6. The van der Waals surface area contributed by atoms with E-state index in [-0.39, 0.29) is 51.5 Å². The molecular weight excluding hydrogens is 534 g/mol. The molecule has 0 aliphatic carbocycles. The number of anilines is 5. The second-order valence-corrected chi connectivity index (χ2v) is 9.72. The minimum Gasteiger partial charge on any atom is -0.489 e. The molecule has 0 amide bonds. The lowest BCUT2D eigenvalue weighted by Crippen LogP contribution is -2.05. The van der Waals surface area contributed by atoms with Gasteiger partial charge >= 0.3 is 0 Å². The third-order valence-corrected chi connectivity index (χ3v) is 5.86. The first-order valence-electron chi connectivity index (χ1n) is 9.79. The van der Waals surface area contributed by atoms with Crippen molar-refractivity contribution in [1.29, 1.82) is 0 Å². The molecule has 3 aromatic rings. The molecule has 14 N–H and O–H groups in total. The molecule has 0 unspecified atom stereocenters. The number of rotatable bonds is 6. The van der Waals surface area contributed by atoms with E-state index in [2.05, 4.69) is 4.89 Å². The van der Waals surface area contributed by atoms with E-state index in [4.69, 9.17) is 52.9 Å². The van der Waals surface area contributed by atoms with Crippen LogP contribution in [0.4, 0.5) is 28.4 Å². The van der Waals surface area contributed by atoms with Crippen molar-refractivity contribution in [2.24, 2.45) is 0 Å². The van der Waals surface area contributed by atoms with E-state index in [1.54, 1.807) is 0 Å². The van der Waals surface area contributed by atoms with Gasteiger partial charge in [-0.25, -0.2) is 5.26 Å². The number of hydrogen-bond acceptors (Lipinski definition) is 13. The molecule has 37 heavy (non-hydrogen) atoms. The predicted molar refractivity (Wildman–Crippen MR) is 137 cm³/mol. The summed E-state index contributed by atoms with van der Waals surface area (Å²) in [5, 5.41) is 16.9. The Morgan fingerprint density at radius 2 is 1.19 bits per heavy atom. The Morgan fingerprint density at radius 3 is 1.65 bits per heavy atom. The highest BCUT2D eigenvalue weighted by Crippen LogP contribution is 2.32. The van der Waals surface area contributed by atoms with Crippen LogP contribution in [0.5, 0.6) is 11.5 Å². The van der Waals surface area contributed by atoms with Gasteiger partial charge in [-0.1, -0.05) is 0 Å². The summed E-state index contributed by atoms with van der Waals surface area (Å²) in [7, 11) is -8.34. The number of hydrogen-bond donors (Lipinski definition) is 9. The van der Waals surface area contributed by atoms with Crippen LogP contribution in [-0.2, 0) is 20.2 Å². The molecule has 0 saturated heterocycles. The van der Waals surface area contributed by atoms with E-state index in [9.17, 15) is 16.8 Å².